The maximum absolute atomic E-state index is 12.9. The molecule has 0 aromatic carbocycles. The molecular formula is C23H35N3O2S. The van der Waals surface area contributed by atoms with Gasteiger partial charge >= 0.3 is 0 Å². The fourth-order valence-corrected chi connectivity index (χ4v) is 6.55. The highest BCUT2D eigenvalue weighted by Gasteiger charge is 2.54. The van der Waals surface area contributed by atoms with Crippen molar-refractivity contribution in [1.29, 1.82) is 0 Å². The largest absolute Gasteiger partial charge is 0.342 e. The molecule has 1 saturated carbocycles. The van der Waals surface area contributed by atoms with Gasteiger partial charge in [-0.15, -0.1) is 0 Å². The normalized spacial score (nSPS) is 27.2. The SMILES string of the molecule is CN(C)CC12CN(C(=O)CCC3CCCC3)CC1CN(C(=O)Cc1ccsc1)C2. The van der Waals surface area contributed by atoms with Crippen LogP contribution in [0.25, 0.3) is 0 Å². The van der Waals surface area contributed by atoms with Crippen molar-refractivity contribution in [3.63, 3.8) is 0 Å². The van der Waals surface area contributed by atoms with Gasteiger partial charge in [0.05, 0.1) is 6.42 Å². The summed E-state index contributed by atoms with van der Waals surface area (Å²) in [5.41, 5.74) is 1.14. The molecular weight excluding hydrogens is 382 g/mol. The molecule has 2 aliphatic heterocycles. The Balaban J connectivity index is 1.37. The Morgan fingerprint density at radius 1 is 1.14 bits per heavy atom. The number of carbonyl (C=O) groups is 2. The van der Waals surface area contributed by atoms with E-state index in [-0.39, 0.29) is 11.3 Å². The van der Waals surface area contributed by atoms with Crippen LogP contribution in [0.15, 0.2) is 16.8 Å². The van der Waals surface area contributed by atoms with Crippen LogP contribution >= 0.6 is 11.3 Å². The molecule has 29 heavy (non-hydrogen) atoms. The number of hydrogen-bond donors (Lipinski definition) is 0. The highest BCUT2D eigenvalue weighted by atomic mass is 32.1. The second-order valence-electron chi connectivity index (χ2n) is 9.84. The van der Waals surface area contributed by atoms with Crippen LogP contribution in [-0.4, -0.2) is 73.3 Å². The fraction of sp³-hybridized carbons (Fsp3) is 0.739. The fourth-order valence-electron chi connectivity index (χ4n) is 5.88. The average molecular weight is 418 g/mol. The van der Waals surface area contributed by atoms with Crippen LogP contribution in [0, 0.1) is 17.3 Å². The van der Waals surface area contributed by atoms with E-state index in [4.69, 9.17) is 0 Å². The summed E-state index contributed by atoms with van der Waals surface area (Å²) < 4.78 is 0. The van der Waals surface area contributed by atoms with Crippen molar-refractivity contribution < 1.29 is 9.59 Å². The molecule has 3 aliphatic rings. The number of nitrogens with zero attached hydrogens (tertiary/aromatic N) is 3. The standard InChI is InChI=1S/C23H35N3O2S/c1-24(2)15-23-16-25(21(27)8-7-18-5-3-4-6-18)12-20(23)13-26(17-23)22(28)11-19-9-10-29-14-19/h9-10,14,18,20H,3-8,11-13,15-17H2,1-2H3. The number of hydrogen-bond acceptors (Lipinski definition) is 4. The Kier molecular flexibility index (Phi) is 6.30. The third-order valence-corrected chi connectivity index (χ3v) is 8.00. The highest BCUT2D eigenvalue weighted by molar-refractivity contribution is 7.08. The summed E-state index contributed by atoms with van der Waals surface area (Å²) in [7, 11) is 4.21. The molecule has 0 bridgehead atoms. The molecule has 5 nitrogen and oxygen atoms in total. The average Bonchev–Trinajstić information content (AvgIpc) is 3.43. The number of likely N-dealkylation sites (tertiary alicyclic amines) is 2. The van der Waals surface area contributed by atoms with Gasteiger partial charge in [-0.1, -0.05) is 25.7 Å². The monoisotopic (exact) mass is 417 g/mol. The van der Waals surface area contributed by atoms with Gasteiger partial charge in [-0.2, -0.15) is 11.3 Å². The molecule has 0 spiro atoms. The zero-order valence-corrected chi connectivity index (χ0v) is 18.8. The molecule has 0 radical (unpaired) electrons. The first kappa shape index (κ1) is 20.9. The zero-order chi connectivity index (χ0) is 20.4. The summed E-state index contributed by atoms with van der Waals surface area (Å²) in [6.45, 7) is 4.14. The number of amides is 2. The van der Waals surface area contributed by atoms with Crippen molar-refractivity contribution >= 4 is 23.2 Å². The summed E-state index contributed by atoms with van der Waals surface area (Å²) >= 11 is 1.64. The van der Waals surface area contributed by atoms with Crippen LogP contribution in [0.1, 0.15) is 44.1 Å². The summed E-state index contributed by atoms with van der Waals surface area (Å²) in [5.74, 6) is 1.73. The van der Waals surface area contributed by atoms with Crippen LogP contribution in [-0.2, 0) is 16.0 Å². The van der Waals surface area contributed by atoms with Gasteiger partial charge in [0.1, 0.15) is 0 Å². The molecule has 3 fully saturated rings. The number of carbonyl (C=O) groups excluding carboxylic acids is 2. The zero-order valence-electron chi connectivity index (χ0n) is 17.9. The Morgan fingerprint density at radius 3 is 2.45 bits per heavy atom. The molecule has 4 rings (SSSR count). The minimum Gasteiger partial charge on any atom is -0.342 e. The van der Waals surface area contributed by atoms with E-state index in [1.807, 2.05) is 11.4 Å². The quantitative estimate of drug-likeness (QED) is 0.685. The molecule has 2 atom stereocenters. The minimum atomic E-state index is 0.0246. The van der Waals surface area contributed by atoms with Gasteiger partial charge in [-0.25, -0.2) is 0 Å². The van der Waals surface area contributed by atoms with Crippen LogP contribution in [0.3, 0.4) is 0 Å². The van der Waals surface area contributed by atoms with E-state index in [1.165, 1.54) is 25.7 Å². The van der Waals surface area contributed by atoms with Gasteiger partial charge in [0.25, 0.3) is 0 Å². The molecule has 1 aliphatic carbocycles. The topological polar surface area (TPSA) is 43.9 Å². The van der Waals surface area contributed by atoms with E-state index in [9.17, 15) is 9.59 Å². The molecule has 1 aromatic rings. The lowest BCUT2D eigenvalue weighted by atomic mass is 9.80. The van der Waals surface area contributed by atoms with Crippen molar-refractivity contribution in [2.24, 2.45) is 17.3 Å². The maximum atomic E-state index is 12.9. The van der Waals surface area contributed by atoms with Crippen molar-refractivity contribution in [3.05, 3.63) is 22.4 Å². The van der Waals surface area contributed by atoms with E-state index in [1.54, 1.807) is 11.3 Å². The predicted molar refractivity (Wildman–Crippen MR) is 117 cm³/mol. The molecule has 6 heteroatoms. The lowest BCUT2D eigenvalue weighted by Gasteiger charge is -2.32. The molecule has 1 aromatic heterocycles. The third kappa shape index (κ3) is 4.69. The number of thiophene rings is 1. The van der Waals surface area contributed by atoms with Gasteiger partial charge in [0, 0.05) is 50.5 Å². The molecule has 160 valence electrons. The predicted octanol–water partition coefficient (Wildman–Crippen LogP) is 3.11. The van der Waals surface area contributed by atoms with E-state index in [0.29, 0.717) is 24.7 Å². The van der Waals surface area contributed by atoms with Crippen molar-refractivity contribution in [3.8, 4) is 0 Å². The Labute approximate surface area is 179 Å². The minimum absolute atomic E-state index is 0.0246. The Hall–Kier alpha value is -1.40. The lowest BCUT2D eigenvalue weighted by molar-refractivity contribution is -0.132. The summed E-state index contributed by atoms with van der Waals surface area (Å²) in [6, 6.07) is 2.04. The highest BCUT2D eigenvalue weighted by Crippen LogP contribution is 2.43. The van der Waals surface area contributed by atoms with Crippen LogP contribution in [0.2, 0.25) is 0 Å². The smallest absolute Gasteiger partial charge is 0.227 e. The lowest BCUT2D eigenvalue weighted by Crippen LogP contribution is -2.44. The second-order valence-corrected chi connectivity index (χ2v) is 10.6. The molecule has 0 N–H and O–H groups in total. The maximum Gasteiger partial charge on any atom is 0.227 e. The van der Waals surface area contributed by atoms with Crippen molar-refractivity contribution in [2.45, 2.75) is 44.9 Å². The molecule has 2 amide bonds. The van der Waals surface area contributed by atoms with Crippen LogP contribution in [0.4, 0.5) is 0 Å². The third-order valence-electron chi connectivity index (χ3n) is 7.27. The summed E-state index contributed by atoms with van der Waals surface area (Å²) in [6.07, 6.45) is 7.56. The summed E-state index contributed by atoms with van der Waals surface area (Å²) in [5, 5.41) is 4.10. The van der Waals surface area contributed by atoms with Crippen molar-refractivity contribution in [2.75, 3.05) is 46.8 Å². The first-order valence-corrected chi connectivity index (χ1v) is 12.1. The molecule has 2 unspecified atom stereocenters. The van der Waals surface area contributed by atoms with Crippen molar-refractivity contribution in [1.82, 2.24) is 14.7 Å². The van der Waals surface area contributed by atoms with E-state index < -0.39 is 0 Å². The van der Waals surface area contributed by atoms with Gasteiger partial charge in [-0.05, 0) is 48.8 Å². The molecule has 2 saturated heterocycles. The van der Waals surface area contributed by atoms with Crippen LogP contribution in [0.5, 0.6) is 0 Å². The Morgan fingerprint density at radius 2 is 1.83 bits per heavy atom. The Bertz CT molecular complexity index is 714. The first-order chi connectivity index (χ1) is 13.9. The van der Waals surface area contributed by atoms with E-state index in [0.717, 1.165) is 50.6 Å². The van der Waals surface area contributed by atoms with E-state index >= 15 is 0 Å². The molecule has 3 heterocycles. The van der Waals surface area contributed by atoms with Gasteiger partial charge in [0.15, 0.2) is 0 Å². The summed E-state index contributed by atoms with van der Waals surface area (Å²) in [4.78, 5) is 32.2. The van der Waals surface area contributed by atoms with Gasteiger partial charge < -0.3 is 14.7 Å². The van der Waals surface area contributed by atoms with Crippen LogP contribution < -0.4 is 0 Å². The first-order valence-electron chi connectivity index (χ1n) is 11.2. The number of rotatable bonds is 7. The number of fused-ring (bicyclic) bond motifs is 1. The van der Waals surface area contributed by atoms with Gasteiger partial charge in [-0.3, -0.25) is 9.59 Å². The van der Waals surface area contributed by atoms with E-state index in [2.05, 4.69) is 34.2 Å². The van der Waals surface area contributed by atoms with Gasteiger partial charge in [0.2, 0.25) is 11.8 Å². The second kappa shape index (κ2) is 8.76.